The van der Waals surface area contributed by atoms with Crippen LogP contribution in [0, 0.1) is 11.3 Å². The lowest BCUT2D eigenvalue weighted by Crippen LogP contribution is -2.38. The molecule has 6 heteroatoms. The molecule has 0 unspecified atom stereocenters. The van der Waals surface area contributed by atoms with Crippen molar-refractivity contribution in [1.82, 2.24) is 0 Å². The molecule has 1 amide bonds. The number of esters is 1. The largest absolute Gasteiger partial charge is 0.459 e. The van der Waals surface area contributed by atoms with E-state index in [9.17, 15) is 9.59 Å². The molecule has 1 aromatic rings. The van der Waals surface area contributed by atoms with Crippen LogP contribution in [-0.2, 0) is 14.3 Å². The summed E-state index contributed by atoms with van der Waals surface area (Å²) in [5, 5.41) is 8.77. The molecule has 6 nitrogen and oxygen atoms in total. The Hall–Kier alpha value is -2.55. The lowest BCUT2D eigenvalue weighted by atomic mass is 10.2. The number of nitrogens with zero attached hydrogens (tertiary/aromatic N) is 2. The van der Waals surface area contributed by atoms with Crippen molar-refractivity contribution >= 4 is 17.7 Å². The maximum absolute atomic E-state index is 11.9. The molecule has 0 radical (unpaired) electrons. The molecule has 0 fully saturated rings. The first-order valence-electron chi connectivity index (χ1n) is 6.34. The van der Waals surface area contributed by atoms with Gasteiger partial charge in [0.2, 0.25) is 0 Å². The van der Waals surface area contributed by atoms with Crippen molar-refractivity contribution in [2.75, 3.05) is 18.6 Å². The lowest BCUT2D eigenvalue weighted by molar-refractivity contribution is -0.152. The van der Waals surface area contributed by atoms with Gasteiger partial charge in [0.25, 0.3) is 0 Å². The fourth-order valence-electron chi connectivity index (χ4n) is 1.59. The fraction of sp³-hybridized carbons (Fsp3) is 0.400. The molecule has 0 atom stereocenters. The number of benzene rings is 1. The van der Waals surface area contributed by atoms with Crippen molar-refractivity contribution < 1.29 is 19.1 Å². The van der Waals surface area contributed by atoms with Crippen molar-refractivity contribution in [2.45, 2.75) is 26.4 Å². The maximum Gasteiger partial charge on any atom is 0.414 e. The Morgan fingerprint density at radius 3 is 2.24 bits per heavy atom. The first-order valence-corrected chi connectivity index (χ1v) is 6.34. The van der Waals surface area contributed by atoms with E-state index in [1.807, 2.05) is 6.07 Å². The third-order valence-electron chi connectivity index (χ3n) is 2.41. The maximum atomic E-state index is 11.9. The number of anilines is 1. The summed E-state index contributed by atoms with van der Waals surface area (Å²) in [4.78, 5) is 24.8. The molecule has 0 N–H and O–H groups in total. The highest BCUT2D eigenvalue weighted by Gasteiger charge is 2.23. The van der Waals surface area contributed by atoms with Gasteiger partial charge in [0.15, 0.2) is 0 Å². The van der Waals surface area contributed by atoms with Gasteiger partial charge in [0, 0.05) is 5.69 Å². The topological polar surface area (TPSA) is 79.6 Å². The van der Waals surface area contributed by atoms with Crippen LogP contribution in [-0.4, -0.2) is 31.3 Å². The second-order valence-electron chi connectivity index (χ2n) is 5.30. The molecule has 0 aliphatic heterocycles. The zero-order valence-corrected chi connectivity index (χ0v) is 12.5. The smallest absolute Gasteiger partial charge is 0.414 e. The number of rotatable bonds is 3. The van der Waals surface area contributed by atoms with Crippen LogP contribution in [0.3, 0.4) is 0 Å². The van der Waals surface area contributed by atoms with Gasteiger partial charge in [0.1, 0.15) is 12.1 Å². The van der Waals surface area contributed by atoms with Crippen LogP contribution in [0.2, 0.25) is 0 Å². The van der Waals surface area contributed by atoms with Gasteiger partial charge in [-0.25, -0.2) is 4.79 Å². The molecule has 0 bridgehead atoms. The van der Waals surface area contributed by atoms with Gasteiger partial charge in [-0.2, -0.15) is 5.26 Å². The number of amides is 1. The Labute approximate surface area is 123 Å². The first-order chi connectivity index (χ1) is 9.76. The fourth-order valence-corrected chi connectivity index (χ4v) is 1.59. The number of methoxy groups -OCH3 is 1. The molecule has 0 saturated carbocycles. The van der Waals surface area contributed by atoms with Crippen LogP contribution >= 0.6 is 0 Å². The lowest BCUT2D eigenvalue weighted by Gasteiger charge is -2.24. The van der Waals surface area contributed by atoms with Gasteiger partial charge in [-0.05, 0) is 45.0 Å². The molecular weight excluding hydrogens is 272 g/mol. The number of carbonyl (C=O) groups is 2. The Morgan fingerprint density at radius 2 is 1.81 bits per heavy atom. The first kappa shape index (κ1) is 16.5. The van der Waals surface area contributed by atoms with Gasteiger partial charge < -0.3 is 9.47 Å². The van der Waals surface area contributed by atoms with E-state index in [1.165, 1.54) is 7.11 Å². The molecule has 0 aliphatic rings. The normalized spacial score (nSPS) is 10.4. The molecule has 1 rings (SSSR count). The van der Waals surface area contributed by atoms with Crippen LogP contribution in [0.4, 0.5) is 10.5 Å². The van der Waals surface area contributed by atoms with Crippen LogP contribution in [0.5, 0.6) is 0 Å². The van der Waals surface area contributed by atoms with Crippen LogP contribution in [0.15, 0.2) is 24.3 Å². The number of hydrogen-bond donors (Lipinski definition) is 0. The predicted molar refractivity (Wildman–Crippen MR) is 76.8 cm³/mol. The van der Waals surface area contributed by atoms with Crippen molar-refractivity contribution in [3.05, 3.63) is 29.8 Å². The highest BCUT2D eigenvalue weighted by molar-refractivity contribution is 5.93. The quantitative estimate of drug-likeness (QED) is 0.799. The second-order valence-corrected chi connectivity index (χ2v) is 5.30. The highest BCUT2D eigenvalue weighted by atomic mass is 16.6. The average Bonchev–Trinajstić information content (AvgIpc) is 2.42. The summed E-state index contributed by atoms with van der Waals surface area (Å²) < 4.78 is 9.86. The molecule has 0 aromatic heterocycles. The predicted octanol–water partition coefficient (Wildman–Crippen LogP) is 2.47. The minimum atomic E-state index is -0.675. The van der Waals surface area contributed by atoms with Crippen LogP contribution in [0.1, 0.15) is 26.3 Å². The van der Waals surface area contributed by atoms with E-state index in [-0.39, 0.29) is 6.54 Å². The number of nitriles is 1. The number of carbonyl (C=O) groups excluding carboxylic acids is 2. The third-order valence-corrected chi connectivity index (χ3v) is 2.41. The van der Waals surface area contributed by atoms with Crippen LogP contribution < -0.4 is 4.90 Å². The molecular formula is C15H18N2O4. The molecule has 0 spiro atoms. The summed E-state index contributed by atoms with van der Waals surface area (Å²) in [6.07, 6.45) is -0.675. The van der Waals surface area contributed by atoms with E-state index in [0.717, 1.165) is 4.90 Å². The highest BCUT2D eigenvalue weighted by Crippen LogP contribution is 2.17. The van der Waals surface area contributed by atoms with E-state index in [4.69, 9.17) is 10.00 Å². The number of ether oxygens (including phenoxy) is 2. The zero-order valence-electron chi connectivity index (χ0n) is 12.5. The average molecular weight is 290 g/mol. The molecule has 0 heterocycles. The molecule has 1 aromatic carbocycles. The van der Waals surface area contributed by atoms with Crippen molar-refractivity contribution in [3.8, 4) is 6.07 Å². The van der Waals surface area contributed by atoms with Crippen molar-refractivity contribution in [1.29, 1.82) is 5.26 Å². The van der Waals surface area contributed by atoms with Gasteiger partial charge in [0.05, 0.1) is 18.7 Å². The zero-order chi connectivity index (χ0) is 16.0. The van der Waals surface area contributed by atoms with Crippen LogP contribution in [0.25, 0.3) is 0 Å². The molecule has 21 heavy (non-hydrogen) atoms. The van der Waals surface area contributed by atoms with Gasteiger partial charge in [-0.15, -0.1) is 0 Å². The van der Waals surface area contributed by atoms with Gasteiger partial charge >= 0.3 is 12.1 Å². The standard InChI is InChI=1S/C15H18N2O4/c1-15(2,3)21-13(18)10-17(14(19)20-4)12-7-5-11(9-16)6-8-12/h5-8H,10H2,1-4H3. The molecule has 0 saturated heterocycles. The summed E-state index contributed by atoms with van der Waals surface area (Å²) >= 11 is 0. The van der Waals surface area contributed by atoms with E-state index in [1.54, 1.807) is 45.0 Å². The number of hydrogen-bond acceptors (Lipinski definition) is 5. The Balaban J connectivity index is 2.93. The van der Waals surface area contributed by atoms with E-state index in [2.05, 4.69) is 4.74 Å². The Morgan fingerprint density at radius 1 is 1.24 bits per heavy atom. The minimum Gasteiger partial charge on any atom is -0.459 e. The third kappa shape index (κ3) is 5.15. The monoisotopic (exact) mass is 290 g/mol. The van der Waals surface area contributed by atoms with Crippen molar-refractivity contribution in [3.63, 3.8) is 0 Å². The molecule has 0 aliphatic carbocycles. The summed E-state index contributed by atoms with van der Waals surface area (Å²) in [5.41, 5.74) is 0.274. The summed E-state index contributed by atoms with van der Waals surface area (Å²) in [6.45, 7) is 4.97. The Kier molecular flexibility index (Phi) is 5.30. The van der Waals surface area contributed by atoms with E-state index < -0.39 is 17.7 Å². The second kappa shape index (κ2) is 6.75. The van der Waals surface area contributed by atoms with E-state index in [0.29, 0.717) is 11.3 Å². The SMILES string of the molecule is COC(=O)N(CC(=O)OC(C)(C)C)c1ccc(C#N)cc1. The molecule has 112 valence electrons. The summed E-state index contributed by atoms with van der Waals surface area (Å²) in [5.74, 6) is -0.544. The Bertz CT molecular complexity index is 553. The van der Waals surface area contributed by atoms with Gasteiger partial charge in [-0.3, -0.25) is 9.69 Å². The van der Waals surface area contributed by atoms with Crippen molar-refractivity contribution in [2.24, 2.45) is 0 Å². The minimum absolute atomic E-state index is 0.268. The van der Waals surface area contributed by atoms with Gasteiger partial charge in [-0.1, -0.05) is 0 Å². The summed E-state index contributed by atoms with van der Waals surface area (Å²) in [6, 6.07) is 8.23. The summed E-state index contributed by atoms with van der Waals surface area (Å²) in [7, 11) is 1.23. The van der Waals surface area contributed by atoms with E-state index >= 15 is 0 Å².